The molecule has 1 amide bonds. The maximum Gasteiger partial charge on any atom is 0.253 e. The van der Waals surface area contributed by atoms with Gasteiger partial charge in [-0.1, -0.05) is 67.8 Å². The summed E-state index contributed by atoms with van der Waals surface area (Å²) in [6, 6.07) is 18.2. The van der Waals surface area contributed by atoms with E-state index in [0.29, 0.717) is 42.5 Å². The van der Waals surface area contributed by atoms with Gasteiger partial charge in [0.1, 0.15) is 11.4 Å². The van der Waals surface area contributed by atoms with E-state index >= 15 is 0 Å². The molecule has 0 radical (unpaired) electrons. The van der Waals surface area contributed by atoms with Gasteiger partial charge in [0.15, 0.2) is 0 Å². The molecule has 7 rings (SSSR count). The lowest BCUT2D eigenvalue weighted by Gasteiger charge is -2.38. The zero-order chi connectivity index (χ0) is 30.9. The van der Waals surface area contributed by atoms with E-state index in [1.807, 2.05) is 42.5 Å². The van der Waals surface area contributed by atoms with Crippen LogP contribution in [-0.2, 0) is 6.54 Å². The average Bonchev–Trinajstić information content (AvgIpc) is 3.61. The quantitative estimate of drug-likeness (QED) is 0.279. The minimum Gasteiger partial charge on any atom is -0.366 e. The molecule has 8 heteroatoms. The average molecular weight is 606 g/mol. The molecule has 2 saturated heterocycles. The smallest absolute Gasteiger partial charge is 0.253 e. The summed E-state index contributed by atoms with van der Waals surface area (Å²) in [6.07, 6.45) is 8.19. The van der Waals surface area contributed by atoms with Gasteiger partial charge in [0.2, 0.25) is 0 Å². The number of anilines is 2. The van der Waals surface area contributed by atoms with Crippen molar-refractivity contribution >= 4 is 28.2 Å². The predicted molar refractivity (Wildman–Crippen MR) is 181 cm³/mol. The van der Waals surface area contributed by atoms with Gasteiger partial charge in [-0.15, -0.1) is 0 Å². The van der Waals surface area contributed by atoms with E-state index in [2.05, 4.69) is 39.1 Å². The highest BCUT2D eigenvalue weighted by molar-refractivity contribution is 6.09. The third-order valence-corrected chi connectivity index (χ3v) is 10.3. The third kappa shape index (κ3) is 5.76. The number of rotatable bonds is 8. The second-order valence-electron chi connectivity index (χ2n) is 13.2. The molecule has 2 aliphatic heterocycles. The molecule has 3 aromatic carbocycles. The normalized spacial score (nSPS) is 19.0. The molecule has 0 unspecified atom stereocenters. The minimum absolute atomic E-state index is 0.0310. The number of fused-ring (bicyclic) bond motifs is 1. The fraction of sp³-hybridized carbons (Fsp3) is 0.459. The first kappa shape index (κ1) is 29.7. The zero-order valence-corrected chi connectivity index (χ0v) is 26.3. The van der Waals surface area contributed by atoms with Crippen molar-refractivity contribution in [2.45, 2.75) is 64.5 Å². The molecule has 45 heavy (non-hydrogen) atoms. The third-order valence-electron chi connectivity index (χ3n) is 10.3. The summed E-state index contributed by atoms with van der Waals surface area (Å²) in [7, 11) is 0. The van der Waals surface area contributed by atoms with Crippen LogP contribution in [0.1, 0.15) is 67.8 Å². The molecule has 0 spiro atoms. The number of pyridine rings is 1. The van der Waals surface area contributed by atoms with Crippen molar-refractivity contribution in [1.82, 2.24) is 15.2 Å². The van der Waals surface area contributed by atoms with E-state index in [1.165, 1.54) is 19.3 Å². The number of nitrogens with zero attached hydrogens (tertiary/aromatic N) is 4. The van der Waals surface area contributed by atoms with Crippen molar-refractivity contribution < 1.29 is 4.79 Å². The van der Waals surface area contributed by atoms with Gasteiger partial charge < -0.3 is 15.1 Å². The molecule has 1 saturated carbocycles. The van der Waals surface area contributed by atoms with Crippen molar-refractivity contribution in [1.29, 1.82) is 0 Å². The number of aromatic nitrogens is 1. The molecule has 8 nitrogen and oxygen atoms in total. The van der Waals surface area contributed by atoms with E-state index in [0.717, 1.165) is 79.6 Å². The largest absolute Gasteiger partial charge is 0.366 e. The molecule has 1 atom stereocenters. The predicted octanol–water partition coefficient (Wildman–Crippen LogP) is 5.12. The van der Waals surface area contributed by atoms with Gasteiger partial charge in [0.05, 0.1) is 16.8 Å². The molecule has 1 aromatic heterocycles. The Morgan fingerprint density at radius 2 is 1.42 bits per heavy atom. The Labute approximate surface area is 264 Å². The van der Waals surface area contributed by atoms with Crippen molar-refractivity contribution in [3.63, 3.8) is 0 Å². The van der Waals surface area contributed by atoms with Gasteiger partial charge in [-0.05, 0) is 44.6 Å². The molecule has 3 fully saturated rings. The number of nitrogens with one attached hydrogen (secondary N) is 1. The second-order valence-corrected chi connectivity index (χ2v) is 13.2. The summed E-state index contributed by atoms with van der Waals surface area (Å²) < 4.78 is 0. The fourth-order valence-electron chi connectivity index (χ4n) is 7.78. The van der Waals surface area contributed by atoms with Crippen LogP contribution in [0, 0.1) is 5.92 Å². The summed E-state index contributed by atoms with van der Waals surface area (Å²) >= 11 is 0. The second kappa shape index (κ2) is 12.8. The molecule has 234 valence electrons. The molecule has 3 aliphatic rings. The number of amides is 1. The molecule has 0 bridgehead atoms. The van der Waals surface area contributed by atoms with Crippen LogP contribution in [0.4, 0.5) is 11.4 Å². The number of hydrogen-bond donors (Lipinski definition) is 1. The maximum absolute atomic E-state index is 14.3. The van der Waals surface area contributed by atoms with Gasteiger partial charge in [-0.25, -0.2) is 4.98 Å². The van der Waals surface area contributed by atoms with Gasteiger partial charge >= 0.3 is 0 Å². The van der Waals surface area contributed by atoms with Crippen LogP contribution in [0.2, 0.25) is 0 Å². The summed E-state index contributed by atoms with van der Waals surface area (Å²) in [6.45, 7) is 7.19. The lowest BCUT2D eigenvalue weighted by molar-refractivity contribution is 0.0918. The number of piperazine rings is 1. The first-order valence-corrected chi connectivity index (χ1v) is 16.8. The summed E-state index contributed by atoms with van der Waals surface area (Å²) in [4.78, 5) is 51.3. The standard InChI is InChI=1S/C37H43N5O3/c1-25(26-12-4-2-5-13-26)38-37(45)31-28-16-8-9-17-30(28)39-32(27-14-6-3-7-15-27)29(31)24-40-20-22-42(23-21-40)34-33(35(43)36(34)44)41-18-10-11-19-41/h3,6-9,14-17,25-26H,2,4-5,10-13,18-24H2,1H3,(H,38,45)/t25-/m0/s1. The highest BCUT2D eigenvalue weighted by Gasteiger charge is 2.33. The molecule has 1 aliphatic carbocycles. The van der Waals surface area contributed by atoms with E-state index in [-0.39, 0.29) is 22.8 Å². The first-order chi connectivity index (χ1) is 22.0. The van der Waals surface area contributed by atoms with Crippen LogP contribution < -0.4 is 26.0 Å². The van der Waals surface area contributed by atoms with E-state index in [9.17, 15) is 14.4 Å². The number of benzene rings is 2. The van der Waals surface area contributed by atoms with Crippen LogP contribution in [0.3, 0.4) is 0 Å². The topological polar surface area (TPSA) is 85.9 Å². The minimum atomic E-state index is -0.346. The highest BCUT2D eigenvalue weighted by atomic mass is 16.2. The maximum atomic E-state index is 14.3. The highest BCUT2D eigenvalue weighted by Crippen LogP contribution is 2.34. The van der Waals surface area contributed by atoms with Crippen LogP contribution in [0.5, 0.6) is 0 Å². The SMILES string of the molecule is C[C@H](NC(=O)c1c(CN2CCN(c3c(N4CCCC4)c(=O)c3=O)CC2)c(-c2ccccc2)nc2ccccc12)C1CCCCC1. The Kier molecular flexibility index (Phi) is 8.41. The Morgan fingerprint density at radius 1 is 0.800 bits per heavy atom. The van der Waals surface area contributed by atoms with Crippen molar-refractivity contribution in [3.8, 4) is 11.3 Å². The van der Waals surface area contributed by atoms with Crippen molar-refractivity contribution in [3.05, 3.63) is 86.2 Å². The summed E-state index contributed by atoms with van der Waals surface area (Å²) in [5.74, 6) is 0.471. The Morgan fingerprint density at radius 3 is 2.11 bits per heavy atom. The van der Waals surface area contributed by atoms with Gasteiger partial charge in [0.25, 0.3) is 16.8 Å². The van der Waals surface area contributed by atoms with Gasteiger partial charge in [-0.2, -0.15) is 0 Å². The van der Waals surface area contributed by atoms with Crippen LogP contribution >= 0.6 is 0 Å². The van der Waals surface area contributed by atoms with Crippen molar-refractivity contribution in [2.24, 2.45) is 5.92 Å². The number of carbonyl (C=O) groups is 1. The lowest BCUT2D eigenvalue weighted by atomic mass is 9.84. The van der Waals surface area contributed by atoms with E-state index in [4.69, 9.17) is 4.98 Å². The Hall–Kier alpha value is -4.04. The first-order valence-electron chi connectivity index (χ1n) is 16.8. The van der Waals surface area contributed by atoms with Gasteiger partial charge in [0, 0.05) is 68.4 Å². The number of carbonyl (C=O) groups excluding carboxylic acids is 1. The molecule has 3 heterocycles. The van der Waals surface area contributed by atoms with Crippen LogP contribution in [0.15, 0.2) is 64.2 Å². The summed E-state index contributed by atoms with van der Waals surface area (Å²) in [5.41, 5.74) is 4.85. The van der Waals surface area contributed by atoms with E-state index in [1.54, 1.807) is 0 Å². The summed E-state index contributed by atoms with van der Waals surface area (Å²) in [5, 5.41) is 4.29. The van der Waals surface area contributed by atoms with Crippen LogP contribution in [0.25, 0.3) is 22.2 Å². The Balaban J connectivity index is 1.20. The molecule has 4 aromatic rings. The number of hydrogen-bond acceptors (Lipinski definition) is 7. The van der Waals surface area contributed by atoms with Crippen molar-refractivity contribution in [2.75, 3.05) is 49.1 Å². The monoisotopic (exact) mass is 605 g/mol. The zero-order valence-electron chi connectivity index (χ0n) is 26.3. The fourth-order valence-corrected chi connectivity index (χ4v) is 7.78. The molecule has 1 N–H and O–H groups in total. The molecular weight excluding hydrogens is 562 g/mol. The van der Waals surface area contributed by atoms with E-state index < -0.39 is 0 Å². The Bertz CT molecular complexity index is 1740. The van der Waals surface area contributed by atoms with Gasteiger partial charge in [-0.3, -0.25) is 19.3 Å². The lowest BCUT2D eigenvalue weighted by Crippen LogP contribution is -2.52. The molecular formula is C37H43N5O3. The van der Waals surface area contributed by atoms with Crippen LogP contribution in [-0.4, -0.2) is 61.1 Å². The number of para-hydroxylation sites is 1.